The zero-order valence-electron chi connectivity index (χ0n) is 17.5. The van der Waals surface area contributed by atoms with Gasteiger partial charge in [0.1, 0.15) is 16.3 Å². The highest BCUT2D eigenvalue weighted by atomic mass is 32.2. The lowest BCUT2D eigenvalue weighted by Gasteiger charge is -2.07. The van der Waals surface area contributed by atoms with Crippen LogP contribution in [-0.4, -0.2) is 34.4 Å². The maximum Gasteiger partial charge on any atom is 0.341 e. The van der Waals surface area contributed by atoms with Crippen molar-refractivity contribution in [1.29, 1.82) is 0 Å². The number of nitrogens with one attached hydrogen (secondary N) is 1. The van der Waals surface area contributed by atoms with Gasteiger partial charge in [-0.15, -0.1) is 32.9 Å². The maximum atomic E-state index is 12.6. The van der Waals surface area contributed by atoms with Crippen molar-refractivity contribution in [1.82, 2.24) is 10.2 Å². The van der Waals surface area contributed by atoms with Gasteiger partial charge in [0.2, 0.25) is 5.91 Å². The summed E-state index contributed by atoms with van der Waals surface area (Å²) in [6.45, 7) is 2.12. The van der Waals surface area contributed by atoms with Crippen LogP contribution >= 0.6 is 34.4 Å². The van der Waals surface area contributed by atoms with Gasteiger partial charge in [-0.1, -0.05) is 36.0 Å². The van der Waals surface area contributed by atoms with E-state index in [1.807, 2.05) is 53.2 Å². The van der Waals surface area contributed by atoms with Crippen LogP contribution in [0.25, 0.3) is 10.4 Å². The van der Waals surface area contributed by atoms with Gasteiger partial charge in [-0.2, -0.15) is 0 Å². The number of amides is 1. The van der Waals surface area contributed by atoms with Gasteiger partial charge in [-0.05, 0) is 30.5 Å². The summed E-state index contributed by atoms with van der Waals surface area (Å²) in [6, 6.07) is 13.1. The van der Waals surface area contributed by atoms with Crippen LogP contribution in [0.1, 0.15) is 23.2 Å². The molecule has 0 saturated heterocycles. The number of hydrogen-bond acceptors (Lipinski definition) is 10. The van der Waals surface area contributed by atoms with Gasteiger partial charge < -0.3 is 19.2 Å². The molecule has 33 heavy (non-hydrogen) atoms. The Hall–Kier alpha value is -3.15. The third kappa shape index (κ3) is 6.01. The van der Waals surface area contributed by atoms with Gasteiger partial charge in [-0.3, -0.25) is 4.79 Å². The SMILES string of the molecule is CCOC(=O)c1c(-c2cccs2)csc1NC(=O)CSc1nnc(COc2ccccc2)o1. The largest absolute Gasteiger partial charge is 0.484 e. The molecular formula is C22H19N3O5S3. The molecule has 0 atom stereocenters. The molecular weight excluding hydrogens is 482 g/mol. The van der Waals surface area contributed by atoms with Crippen LogP contribution in [0, 0.1) is 0 Å². The van der Waals surface area contributed by atoms with E-state index >= 15 is 0 Å². The van der Waals surface area contributed by atoms with E-state index < -0.39 is 5.97 Å². The minimum atomic E-state index is -0.468. The lowest BCUT2D eigenvalue weighted by Crippen LogP contribution is -2.16. The minimum absolute atomic E-state index is 0.0374. The fourth-order valence-electron chi connectivity index (χ4n) is 2.78. The van der Waals surface area contributed by atoms with Gasteiger partial charge in [-0.25, -0.2) is 4.79 Å². The molecule has 0 unspecified atom stereocenters. The van der Waals surface area contributed by atoms with Crippen LogP contribution in [-0.2, 0) is 16.1 Å². The normalized spacial score (nSPS) is 10.7. The number of esters is 1. The maximum absolute atomic E-state index is 12.6. The molecule has 0 saturated carbocycles. The molecule has 170 valence electrons. The van der Waals surface area contributed by atoms with Crippen molar-refractivity contribution in [3.63, 3.8) is 0 Å². The van der Waals surface area contributed by atoms with E-state index in [2.05, 4.69) is 15.5 Å². The van der Waals surface area contributed by atoms with E-state index in [-0.39, 0.29) is 30.1 Å². The van der Waals surface area contributed by atoms with Crippen molar-refractivity contribution in [3.8, 4) is 16.2 Å². The van der Waals surface area contributed by atoms with Crippen LogP contribution in [0.2, 0.25) is 0 Å². The van der Waals surface area contributed by atoms with Crippen LogP contribution in [0.3, 0.4) is 0 Å². The first kappa shape index (κ1) is 23.0. The predicted octanol–water partition coefficient (Wildman–Crippen LogP) is 5.35. The number of para-hydroxylation sites is 1. The average Bonchev–Trinajstić information content (AvgIpc) is 3.58. The average molecular weight is 502 g/mol. The van der Waals surface area contributed by atoms with E-state index in [0.29, 0.717) is 22.2 Å². The first-order chi connectivity index (χ1) is 16.1. The fraction of sp³-hybridized carbons (Fsp3) is 0.182. The number of benzene rings is 1. The second-order valence-electron chi connectivity index (χ2n) is 6.45. The molecule has 3 aromatic heterocycles. The molecule has 0 fully saturated rings. The molecule has 8 nitrogen and oxygen atoms in total. The summed E-state index contributed by atoms with van der Waals surface area (Å²) in [4.78, 5) is 26.0. The molecule has 1 N–H and O–H groups in total. The number of rotatable bonds is 10. The molecule has 1 aromatic carbocycles. The first-order valence-corrected chi connectivity index (χ1v) is 12.6. The van der Waals surface area contributed by atoms with E-state index in [1.54, 1.807) is 6.92 Å². The highest BCUT2D eigenvalue weighted by molar-refractivity contribution is 7.99. The quantitative estimate of drug-likeness (QED) is 0.229. The topological polar surface area (TPSA) is 104 Å². The van der Waals surface area contributed by atoms with Crippen molar-refractivity contribution in [2.75, 3.05) is 17.7 Å². The van der Waals surface area contributed by atoms with E-state index in [0.717, 1.165) is 22.2 Å². The first-order valence-electron chi connectivity index (χ1n) is 9.89. The molecule has 11 heteroatoms. The number of thiophene rings is 2. The summed E-state index contributed by atoms with van der Waals surface area (Å²) in [7, 11) is 0. The summed E-state index contributed by atoms with van der Waals surface area (Å²) in [5.74, 6) is 0.274. The Kier molecular flexibility index (Phi) is 7.76. The molecule has 0 radical (unpaired) electrons. The van der Waals surface area contributed by atoms with Crippen molar-refractivity contribution in [2.45, 2.75) is 18.8 Å². The zero-order chi connectivity index (χ0) is 23.0. The molecule has 0 spiro atoms. The minimum Gasteiger partial charge on any atom is -0.484 e. The Morgan fingerprint density at radius 3 is 2.73 bits per heavy atom. The molecule has 0 aliphatic rings. The van der Waals surface area contributed by atoms with Crippen LogP contribution in [0.15, 0.2) is 62.9 Å². The summed E-state index contributed by atoms with van der Waals surface area (Å²) in [5.41, 5.74) is 1.11. The Morgan fingerprint density at radius 1 is 1.12 bits per heavy atom. The van der Waals surface area contributed by atoms with Crippen LogP contribution in [0.4, 0.5) is 5.00 Å². The summed E-state index contributed by atoms with van der Waals surface area (Å²) < 4.78 is 16.3. The standard InChI is InChI=1S/C22H19N3O5S3/c1-2-28-21(27)19-15(16-9-6-10-31-16)12-32-20(19)23-17(26)13-33-22-25-24-18(30-22)11-29-14-7-4-3-5-8-14/h3-10,12H,2,11,13H2,1H3,(H,23,26). The summed E-state index contributed by atoms with van der Waals surface area (Å²) in [5, 5.41) is 15.1. The summed E-state index contributed by atoms with van der Waals surface area (Å²) in [6.07, 6.45) is 0. The smallest absolute Gasteiger partial charge is 0.341 e. The number of ether oxygens (including phenoxy) is 2. The van der Waals surface area contributed by atoms with Crippen molar-refractivity contribution in [2.24, 2.45) is 0 Å². The third-order valence-electron chi connectivity index (χ3n) is 4.19. The van der Waals surface area contributed by atoms with E-state index in [4.69, 9.17) is 13.9 Å². The Balaban J connectivity index is 1.35. The molecule has 0 aliphatic carbocycles. The number of nitrogens with zero attached hydrogens (tertiary/aromatic N) is 2. The van der Waals surface area contributed by atoms with Crippen molar-refractivity contribution < 1.29 is 23.5 Å². The Bertz CT molecular complexity index is 1210. The fourth-order valence-corrected chi connectivity index (χ4v) is 5.14. The molecule has 4 aromatic rings. The van der Waals surface area contributed by atoms with Gasteiger partial charge in [0, 0.05) is 15.8 Å². The van der Waals surface area contributed by atoms with Crippen LogP contribution in [0.5, 0.6) is 5.75 Å². The van der Waals surface area contributed by atoms with E-state index in [9.17, 15) is 9.59 Å². The number of hydrogen-bond donors (Lipinski definition) is 1. The number of carbonyl (C=O) groups excluding carboxylic acids is 2. The predicted molar refractivity (Wildman–Crippen MR) is 128 cm³/mol. The van der Waals surface area contributed by atoms with Crippen LogP contribution < -0.4 is 10.1 Å². The number of thioether (sulfide) groups is 1. The monoisotopic (exact) mass is 501 g/mol. The molecule has 0 aliphatic heterocycles. The Labute approximate surface area is 201 Å². The van der Waals surface area contributed by atoms with E-state index in [1.165, 1.54) is 22.7 Å². The van der Waals surface area contributed by atoms with Gasteiger partial charge in [0.25, 0.3) is 11.1 Å². The number of anilines is 1. The highest BCUT2D eigenvalue weighted by Gasteiger charge is 2.23. The number of carbonyl (C=O) groups is 2. The lowest BCUT2D eigenvalue weighted by atomic mass is 10.1. The Morgan fingerprint density at radius 2 is 1.97 bits per heavy atom. The van der Waals surface area contributed by atoms with Crippen molar-refractivity contribution in [3.05, 3.63) is 64.7 Å². The molecule has 4 rings (SSSR count). The molecule has 3 heterocycles. The summed E-state index contributed by atoms with van der Waals surface area (Å²) >= 11 is 3.90. The van der Waals surface area contributed by atoms with Gasteiger partial charge in [0.05, 0.1) is 12.4 Å². The third-order valence-corrected chi connectivity index (χ3v) is 6.81. The molecule has 1 amide bonds. The second kappa shape index (κ2) is 11.1. The lowest BCUT2D eigenvalue weighted by molar-refractivity contribution is -0.113. The highest BCUT2D eigenvalue weighted by Crippen LogP contribution is 2.38. The molecule has 0 bridgehead atoms. The number of aromatic nitrogens is 2. The van der Waals surface area contributed by atoms with Crippen molar-refractivity contribution >= 4 is 51.3 Å². The van der Waals surface area contributed by atoms with Gasteiger partial charge >= 0.3 is 5.97 Å². The van der Waals surface area contributed by atoms with Gasteiger partial charge in [0.15, 0.2) is 6.61 Å². The zero-order valence-corrected chi connectivity index (χ0v) is 19.9. The second-order valence-corrected chi connectivity index (χ2v) is 9.21.